The molecule has 25 heavy (non-hydrogen) atoms. The molecule has 0 aliphatic heterocycles. The fourth-order valence-electron chi connectivity index (χ4n) is 2.77. The summed E-state index contributed by atoms with van der Waals surface area (Å²) in [6.07, 6.45) is 2.12. The number of ether oxygens (including phenoxy) is 1. The minimum atomic E-state index is -0.528. The van der Waals surface area contributed by atoms with Gasteiger partial charge < -0.3 is 9.64 Å². The van der Waals surface area contributed by atoms with Gasteiger partial charge in [-0.3, -0.25) is 4.79 Å². The Labute approximate surface area is 159 Å². The Kier molecular flexibility index (Phi) is 7.60. The zero-order valence-electron chi connectivity index (χ0n) is 14.2. The normalized spacial score (nSPS) is 11.8. The topological polar surface area (TPSA) is 29.5 Å². The van der Waals surface area contributed by atoms with Crippen molar-refractivity contribution >= 4 is 35.2 Å². The van der Waals surface area contributed by atoms with Crippen LogP contribution >= 0.6 is 23.2 Å². The van der Waals surface area contributed by atoms with Crippen LogP contribution in [0.25, 0.3) is 0 Å². The first-order valence-electron chi connectivity index (χ1n) is 7.99. The van der Waals surface area contributed by atoms with Gasteiger partial charge in [-0.1, -0.05) is 24.3 Å². The van der Waals surface area contributed by atoms with Crippen LogP contribution in [0.3, 0.4) is 0 Å². The average molecular weight is 378 g/mol. The molecule has 2 aromatic carbocycles. The van der Waals surface area contributed by atoms with Crippen molar-refractivity contribution in [3.63, 3.8) is 0 Å². The summed E-state index contributed by atoms with van der Waals surface area (Å²) in [7, 11) is 1.59. The molecule has 1 unspecified atom stereocenters. The Morgan fingerprint density at radius 3 is 2.28 bits per heavy atom. The molecule has 2 radical (unpaired) electrons. The van der Waals surface area contributed by atoms with Gasteiger partial charge in [-0.15, -0.1) is 23.2 Å². The van der Waals surface area contributed by atoms with Gasteiger partial charge in [0.05, 0.1) is 13.0 Å². The molecular weight excluding hydrogens is 357 g/mol. The number of hydrogen-bond donors (Lipinski definition) is 0. The largest absolute Gasteiger partial charge is 0.496 e. The Bertz CT molecular complexity index is 683. The average Bonchev–Trinajstić information content (AvgIpc) is 2.63. The van der Waals surface area contributed by atoms with Gasteiger partial charge >= 0.3 is 0 Å². The minimum Gasteiger partial charge on any atom is -0.496 e. The molecule has 3 nitrogen and oxygen atoms in total. The molecule has 0 fully saturated rings. The van der Waals surface area contributed by atoms with Crippen LogP contribution in [-0.4, -0.2) is 38.2 Å². The van der Waals surface area contributed by atoms with Crippen LogP contribution in [0.15, 0.2) is 42.5 Å². The molecule has 0 aliphatic carbocycles. The summed E-state index contributed by atoms with van der Waals surface area (Å²) in [6.45, 7) is 5.36. The molecule has 0 saturated carbocycles. The number of benzene rings is 2. The molecule has 2 aromatic rings. The lowest BCUT2D eigenvalue weighted by Crippen LogP contribution is -2.27. The molecule has 2 rings (SSSR count). The standard InChI is InChI=1S/C20H21Cl2NO2/c1-15-3-8-20(25-2)18(13-15)19(14-24)16-4-6-17(7-5-16)23(11-9-21)12-10-22/h3-8,13,19H,1,9-12H2,2H3. The number of halogens is 2. The molecular formula is C20H21Cl2NO2. The summed E-state index contributed by atoms with van der Waals surface area (Å²) in [5, 5.41) is 0. The molecule has 132 valence electrons. The molecule has 0 N–H and O–H groups in total. The van der Waals surface area contributed by atoms with E-state index in [1.54, 1.807) is 7.11 Å². The van der Waals surface area contributed by atoms with Crippen molar-refractivity contribution in [3.05, 3.63) is 66.1 Å². The van der Waals surface area contributed by atoms with Gasteiger partial charge in [0, 0.05) is 36.1 Å². The summed E-state index contributed by atoms with van der Waals surface area (Å²) in [5.41, 5.74) is 3.45. The van der Waals surface area contributed by atoms with Crippen molar-refractivity contribution in [2.75, 3.05) is 36.9 Å². The number of methoxy groups -OCH3 is 1. The third kappa shape index (κ3) is 4.90. The lowest BCUT2D eigenvalue weighted by Gasteiger charge is -2.23. The highest BCUT2D eigenvalue weighted by atomic mass is 35.5. The van der Waals surface area contributed by atoms with Crippen molar-refractivity contribution in [1.82, 2.24) is 0 Å². The van der Waals surface area contributed by atoms with Gasteiger partial charge in [-0.05, 0) is 36.2 Å². The van der Waals surface area contributed by atoms with Crippen LogP contribution in [0, 0.1) is 6.92 Å². The molecule has 0 bridgehead atoms. The van der Waals surface area contributed by atoms with E-state index < -0.39 is 5.92 Å². The smallest absolute Gasteiger partial charge is 0.211 e. The van der Waals surface area contributed by atoms with E-state index in [4.69, 9.17) is 27.9 Å². The van der Waals surface area contributed by atoms with E-state index in [1.807, 2.05) is 42.5 Å². The van der Waals surface area contributed by atoms with Crippen molar-refractivity contribution in [2.24, 2.45) is 0 Å². The zero-order chi connectivity index (χ0) is 18.2. The van der Waals surface area contributed by atoms with Crippen molar-refractivity contribution < 1.29 is 9.53 Å². The summed E-state index contributed by atoms with van der Waals surface area (Å²) in [4.78, 5) is 13.8. The number of rotatable bonds is 9. The van der Waals surface area contributed by atoms with Crippen LogP contribution in [-0.2, 0) is 4.79 Å². The maximum atomic E-state index is 11.7. The predicted octanol–water partition coefficient (Wildman–Crippen LogP) is 4.40. The summed E-state index contributed by atoms with van der Waals surface area (Å²) in [5.74, 6) is 1.17. The second-order valence-corrected chi connectivity index (χ2v) is 6.34. The zero-order valence-corrected chi connectivity index (χ0v) is 15.7. The molecule has 0 spiro atoms. The Morgan fingerprint density at radius 2 is 1.76 bits per heavy atom. The number of alkyl halides is 2. The second kappa shape index (κ2) is 9.69. The van der Waals surface area contributed by atoms with Gasteiger partial charge in [0.1, 0.15) is 5.75 Å². The Hall–Kier alpha value is -1.71. The van der Waals surface area contributed by atoms with Crippen molar-refractivity contribution in [3.8, 4) is 5.75 Å². The van der Waals surface area contributed by atoms with E-state index >= 15 is 0 Å². The Morgan fingerprint density at radius 1 is 1.12 bits per heavy atom. The lowest BCUT2D eigenvalue weighted by molar-refractivity contribution is 0.409. The van der Waals surface area contributed by atoms with Crippen LogP contribution in [0.5, 0.6) is 5.75 Å². The predicted molar refractivity (Wildman–Crippen MR) is 105 cm³/mol. The monoisotopic (exact) mass is 377 g/mol. The quantitative estimate of drug-likeness (QED) is 0.606. The van der Waals surface area contributed by atoms with Crippen LogP contribution < -0.4 is 9.64 Å². The maximum absolute atomic E-state index is 11.7. The van der Waals surface area contributed by atoms with Crippen LogP contribution in [0.2, 0.25) is 0 Å². The lowest BCUT2D eigenvalue weighted by atomic mass is 9.90. The van der Waals surface area contributed by atoms with Crippen molar-refractivity contribution in [1.29, 1.82) is 0 Å². The Balaban J connectivity index is 2.33. The first-order chi connectivity index (χ1) is 12.1. The molecule has 0 aliphatic rings. The highest BCUT2D eigenvalue weighted by Gasteiger charge is 2.19. The highest BCUT2D eigenvalue weighted by molar-refractivity contribution is 6.18. The number of anilines is 1. The second-order valence-electron chi connectivity index (χ2n) is 5.58. The molecule has 1 atom stereocenters. The summed E-state index contributed by atoms with van der Waals surface area (Å²) < 4.78 is 5.39. The SMILES string of the molecule is [CH2]c1ccc(OC)c(C([C]=O)c2ccc(N(CCCl)CCCl)cc2)c1. The molecule has 0 heterocycles. The van der Waals surface area contributed by atoms with Gasteiger partial charge in [0.25, 0.3) is 0 Å². The highest BCUT2D eigenvalue weighted by Crippen LogP contribution is 2.32. The third-order valence-electron chi connectivity index (χ3n) is 4.02. The van der Waals surface area contributed by atoms with Gasteiger partial charge in [-0.25, -0.2) is 0 Å². The third-order valence-corrected chi connectivity index (χ3v) is 4.36. The van der Waals surface area contributed by atoms with E-state index in [0.717, 1.165) is 22.4 Å². The van der Waals surface area contributed by atoms with Crippen LogP contribution in [0.1, 0.15) is 22.6 Å². The fraction of sp³-hybridized carbons (Fsp3) is 0.300. The first-order valence-corrected chi connectivity index (χ1v) is 9.06. The van der Waals surface area contributed by atoms with E-state index in [-0.39, 0.29) is 0 Å². The molecule has 0 amide bonds. The van der Waals surface area contributed by atoms with Crippen molar-refractivity contribution in [2.45, 2.75) is 5.92 Å². The maximum Gasteiger partial charge on any atom is 0.211 e. The van der Waals surface area contributed by atoms with E-state index in [0.29, 0.717) is 30.6 Å². The van der Waals surface area contributed by atoms with E-state index in [1.165, 1.54) is 0 Å². The van der Waals surface area contributed by atoms with Gasteiger partial charge in [0.15, 0.2) is 0 Å². The summed E-state index contributed by atoms with van der Waals surface area (Å²) in [6, 6.07) is 13.3. The van der Waals surface area contributed by atoms with Gasteiger partial charge in [-0.2, -0.15) is 0 Å². The number of carbonyl (C=O) groups excluding carboxylic acids is 1. The van der Waals surface area contributed by atoms with Gasteiger partial charge in [0.2, 0.25) is 6.29 Å². The molecule has 0 aromatic heterocycles. The van der Waals surface area contributed by atoms with Crippen LogP contribution in [0.4, 0.5) is 5.69 Å². The molecule has 5 heteroatoms. The number of hydrogen-bond acceptors (Lipinski definition) is 3. The van der Waals surface area contributed by atoms with E-state index in [9.17, 15) is 4.79 Å². The molecule has 0 saturated heterocycles. The van der Waals surface area contributed by atoms with E-state index in [2.05, 4.69) is 18.1 Å². The number of nitrogens with zero attached hydrogens (tertiary/aromatic N) is 1. The summed E-state index contributed by atoms with van der Waals surface area (Å²) >= 11 is 11.7. The fourth-order valence-corrected chi connectivity index (χ4v) is 3.18. The minimum absolute atomic E-state index is 0.525. The first kappa shape index (κ1) is 19.6.